The summed E-state index contributed by atoms with van der Waals surface area (Å²) < 4.78 is 0. The number of amides is 1. The smallest absolute Gasteiger partial charge is 0.234 e. The Kier molecular flexibility index (Phi) is 9.22. The van der Waals surface area contributed by atoms with Crippen molar-refractivity contribution < 1.29 is 4.79 Å². The van der Waals surface area contributed by atoms with E-state index in [4.69, 9.17) is 0 Å². The summed E-state index contributed by atoms with van der Waals surface area (Å²) >= 11 is 0. The Bertz CT molecular complexity index is 475. The number of hydrogen-bond acceptors (Lipinski definition) is 3. The minimum atomic E-state index is 0. The molecule has 2 N–H and O–H groups in total. The SMILES string of the molecule is CNCC(=O)NCc1ccccc1CN(C)C1CCCCC1.Cl. The first-order chi connectivity index (χ1) is 10.7. The van der Waals surface area contributed by atoms with Gasteiger partial charge < -0.3 is 10.6 Å². The summed E-state index contributed by atoms with van der Waals surface area (Å²) in [6.45, 7) is 1.93. The van der Waals surface area contributed by atoms with E-state index in [2.05, 4.69) is 40.8 Å². The zero-order valence-electron chi connectivity index (χ0n) is 14.3. The van der Waals surface area contributed by atoms with E-state index in [9.17, 15) is 4.79 Å². The number of carbonyl (C=O) groups excluding carboxylic acids is 1. The van der Waals surface area contributed by atoms with E-state index in [1.807, 2.05) is 6.07 Å². The van der Waals surface area contributed by atoms with Gasteiger partial charge in [0.1, 0.15) is 0 Å². The minimum absolute atomic E-state index is 0. The Morgan fingerprint density at radius 3 is 2.48 bits per heavy atom. The van der Waals surface area contributed by atoms with E-state index >= 15 is 0 Å². The first kappa shape index (κ1) is 19.9. The molecule has 0 bridgehead atoms. The van der Waals surface area contributed by atoms with Crippen molar-refractivity contribution in [1.82, 2.24) is 15.5 Å². The third kappa shape index (κ3) is 6.50. The van der Waals surface area contributed by atoms with Crippen LogP contribution in [0.15, 0.2) is 24.3 Å². The molecule has 1 aliphatic rings. The highest BCUT2D eigenvalue weighted by molar-refractivity contribution is 5.85. The van der Waals surface area contributed by atoms with Gasteiger partial charge in [0.15, 0.2) is 0 Å². The van der Waals surface area contributed by atoms with Gasteiger partial charge in [0.25, 0.3) is 0 Å². The second-order valence-electron chi connectivity index (χ2n) is 6.28. The molecule has 1 aromatic carbocycles. The zero-order valence-corrected chi connectivity index (χ0v) is 15.1. The number of carbonyl (C=O) groups is 1. The number of nitrogens with one attached hydrogen (secondary N) is 2. The van der Waals surface area contributed by atoms with Crippen LogP contribution in [0.4, 0.5) is 0 Å². The van der Waals surface area contributed by atoms with E-state index < -0.39 is 0 Å². The van der Waals surface area contributed by atoms with Crippen molar-refractivity contribution in [2.75, 3.05) is 20.6 Å². The van der Waals surface area contributed by atoms with Gasteiger partial charge in [-0.2, -0.15) is 0 Å². The fraction of sp³-hybridized carbons (Fsp3) is 0.611. The molecule has 0 aliphatic heterocycles. The van der Waals surface area contributed by atoms with Crippen LogP contribution in [0.25, 0.3) is 0 Å². The number of halogens is 1. The maximum Gasteiger partial charge on any atom is 0.234 e. The van der Waals surface area contributed by atoms with Gasteiger partial charge in [-0.05, 0) is 38.1 Å². The molecule has 0 spiro atoms. The van der Waals surface area contributed by atoms with Gasteiger partial charge in [-0.3, -0.25) is 9.69 Å². The van der Waals surface area contributed by atoms with Crippen LogP contribution >= 0.6 is 12.4 Å². The molecule has 0 unspecified atom stereocenters. The Morgan fingerprint density at radius 1 is 1.17 bits per heavy atom. The summed E-state index contributed by atoms with van der Waals surface area (Å²) in [5.74, 6) is 0.0398. The minimum Gasteiger partial charge on any atom is -0.351 e. The standard InChI is InChI=1S/C18H29N3O.ClH/c1-19-13-18(22)20-12-15-8-6-7-9-16(15)14-21(2)17-10-4-3-5-11-17;/h6-9,17,19H,3-5,10-14H2,1-2H3,(H,20,22);1H. The second-order valence-corrected chi connectivity index (χ2v) is 6.28. The van der Waals surface area contributed by atoms with Crippen LogP contribution in [-0.4, -0.2) is 37.5 Å². The summed E-state index contributed by atoms with van der Waals surface area (Å²) in [6.07, 6.45) is 6.74. The molecular weight excluding hydrogens is 310 g/mol. The average Bonchev–Trinajstić information content (AvgIpc) is 2.55. The predicted octanol–water partition coefficient (Wildman–Crippen LogP) is 2.71. The van der Waals surface area contributed by atoms with Crippen molar-refractivity contribution in [3.8, 4) is 0 Å². The molecule has 1 aliphatic carbocycles. The molecule has 2 rings (SSSR count). The fourth-order valence-electron chi connectivity index (χ4n) is 3.22. The molecule has 0 atom stereocenters. The quantitative estimate of drug-likeness (QED) is 0.802. The molecule has 1 aromatic rings. The molecule has 5 heteroatoms. The molecule has 0 radical (unpaired) electrons. The van der Waals surface area contributed by atoms with Gasteiger partial charge in [-0.15, -0.1) is 12.4 Å². The molecule has 1 saturated carbocycles. The molecule has 0 aromatic heterocycles. The maximum atomic E-state index is 11.6. The fourth-order valence-corrected chi connectivity index (χ4v) is 3.22. The van der Waals surface area contributed by atoms with Gasteiger partial charge in [0.2, 0.25) is 5.91 Å². The van der Waals surface area contributed by atoms with Crippen molar-refractivity contribution in [1.29, 1.82) is 0 Å². The van der Waals surface area contributed by atoms with E-state index in [1.54, 1.807) is 7.05 Å². The molecule has 130 valence electrons. The van der Waals surface area contributed by atoms with Gasteiger partial charge in [0, 0.05) is 19.1 Å². The number of nitrogens with zero attached hydrogens (tertiary/aromatic N) is 1. The number of benzene rings is 1. The summed E-state index contributed by atoms with van der Waals surface area (Å²) in [6, 6.07) is 9.13. The van der Waals surface area contributed by atoms with Crippen molar-refractivity contribution in [2.24, 2.45) is 0 Å². The number of likely N-dealkylation sites (N-methyl/N-ethyl adjacent to an activating group) is 1. The van der Waals surface area contributed by atoms with Crippen LogP contribution in [0.1, 0.15) is 43.2 Å². The maximum absolute atomic E-state index is 11.6. The third-order valence-electron chi connectivity index (χ3n) is 4.55. The zero-order chi connectivity index (χ0) is 15.8. The third-order valence-corrected chi connectivity index (χ3v) is 4.55. The highest BCUT2D eigenvalue weighted by Crippen LogP contribution is 2.23. The van der Waals surface area contributed by atoms with E-state index in [0.29, 0.717) is 19.1 Å². The van der Waals surface area contributed by atoms with Crippen molar-refractivity contribution in [2.45, 2.75) is 51.2 Å². The summed E-state index contributed by atoms with van der Waals surface area (Å²) in [4.78, 5) is 14.1. The topological polar surface area (TPSA) is 44.4 Å². The molecule has 23 heavy (non-hydrogen) atoms. The van der Waals surface area contributed by atoms with Gasteiger partial charge in [0.05, 0.1) is 6.54 Å². The van der Waals surface area contributed by atoms with Crippen LogP contribution in [0.5, 0.6) is 0 Å². The lowest BCUT2D eigenvalue weighted by Crippen LogP contribution is -2.34. The monoisotopic (exact) mass is 339 g/mol. The van der Waals surface area contributed by atoms with E-state index in [-0.39, 0.29) is 18.3 Å². The Balaban J connectivity index is 0.00000264. The van der Waals surface area contributed by atoms with Crippen molar-refractivity contribution in [3.63, 3.8) is 0 Å². The van der Waals surface area contributed by atoms with E-state index in [1.165, 1.54) is 43.2 Å². The normalized spacial score (nSPS) is 15.3. The highest BCUT2D eigenvalue weighted by atomic mass is 35.5. The van der Waals surface area contributed by atoms with Crippen molar-refractivity contribution >= 4 is 18.3 Å². The van der Waals surface area contributed by atoms with Gasteiger partial charge in [-0.1, -0.05) is 43.5 Å². The van der Waals surface area contributed by atoms with E-state index in [0.717, 1.165) is 6.54 Å². The molecule has 1 amide bonds. The van der Waals surface area contributed by atoms with Crippen LogP contribution in [0.2, 0.25) is 0 Å². The number of hydrogen-bond donors (Lipinski definition) is 2. The Hall–Kier alpha value is -1.10. The predicted molar refractivity (Wildman–Crippen MR) is 97.8 cm³/mol. The molecule has 0 heterocycles. The molecular formula is C18H30ClN3O. The first-order valence-electron chi connectivity index (χ1n) is 8.39. The highest BCUT2D eigenvalue weighted by Gasteiger charge is 2.18. The summed E-state index contributed by atoms with van der Waals surface area (Å²) in [5.41, 5.74) is 2.54. The Labute approximate surface area is 146 Å². The number of rotatable bonds is 7. The van der Waals surface area contributed by atoms with Gasteiger partial charge in [-0.25, -0.2) is 0 Å². The molecule has 0 saturated heterocycles. The first-order valence-corrected chi connectivity index (χ1v) is 8.39. The summed E-state index contributed by atoms with van der Waals surface area (Å²) in [5, 5.41) is 5.85. The Morgan fingerprint density at radius 2 is 1.83 bits per heavy atom. The van der Waals surface area contributed by atoms with Crippen molar-refractivity contribution in [3.05, 3.63) is 35.4 Å². The van der Waals surface area contributed by atoms with Gasteiger partial charge >= 0.3 is 0 Å². The van der Waals surface area contributed by atoms with Crippen LogP contribution < -0.4 is 10.6 Å². The second kappa shape index (κ2) is 10.6. The lowest BCUT2D eigenvalue weighted by Gasteiger charge is -2.31. The molecule has 1 fully saturated rings. The molecule has 4 nitrogen and oxygen atoms in total. The van der Waals surface area contributed by atoms with Crippen LogP contribution in [0.3, 0.4) is 0 Å². The van der Waals surface area contributed by atoms with Crippen LogP contribution in [0, 0.1) is 0 Å². The lowest BCUT2D eigenvalue weighted by atomic mass is 9.94. The average molecular weight is 340 g/mol. The largest absolute Gasteiger partial charge is 0.351 e. The van der Waals surface area contributed by atoms with Crippen LogP contribution in [-0.2, 0) is 17.9 Å². The summed E-state index contributed by atoms with van der Waals surface area (Å²) in [7, 11) is 4.01. The lowest BCUT2D eigenvalue weighted by molar-refractivity contribution is -0.120.